The van der Waals surface area contributed by atoms with Crippen LogP contribution in [0.5, 0.6) is 5.75 Å². The molecular formula is C21H27BrN2O4S. The van der Waals surface area contributed by atoms with Crippen LogP contribution in [0.1, 0.15) is 32.3 Å². The molecule has 8 heteroatoms. The lowest BCUT2D eigenvalue weighted by Gasteiger charge is -2.25. The van der Waals surface area contributed by atoms with Crippen LogP contribution in [0.2, 0.25) is 0 Å². The first-order valence-corrected chi connectivity index (χ1v) is 11.6. The van der Waals surface area contributed by atoms with Crippen LogP contribution in [0.3, 0.4) is 0 Å². The Labute approximate surface area is 181 Å². The van der Waals surface area contributed by atoms with Crippen LogP contribution < -0.4 is 14.4 Å². The number of methoxy groups -OCH3 is 1. The number of aryl methyl sites for hydroxylation is 1. The highest BCUT2D eigenvalue weighted by Gasteiger charge is 2.28. The van der Waals surface area contributed by atoms with Gasteiger partial charge in [0.15, 0.2) is 0 Å². The number of halogens is 1. The molecule has 0 aromatic heterocycles. The summed E-state index contributed by atoms with van der Waals surface area (Å²) in [6, 6.07) is 11.5. The highest BCUT2D eigenvalue weighted by Crippen LogP contribution is 2.30. The quantitative estimate of drug-likeness (QED) is 0.578. The highest BCUT2D eigenvalue weighted by atomic mass is 79.9. The third kappa shape index (κ3) is 5.96. The van der Waals surface area contributed by atoms with E-state index in [1.54, 1.807) is 18.2 Å². The maximum atomic E-state index is 13.4. The van der Waals surface area contributed by atoms with Crippen LogP contribution in [-0.2, 0) is 14.8 Å². The van der Waals surface area contributed by atoms with E-state index in [9.17, 15) is 13.2 Å². The SMILES string of the molecule is CCC[C@@H](C)NC(=O)CN(c1ccc(C)cc1)S(=O)(=O)c1ccc(OC)c(Br)c1. The summed E-state index contributed by atoms with van der Waals surface area (Å²) in [5, 5.41) is 2.87. The fourth-order valence-corrected chi connectivity index (χ4v) is 5.06. The van der Waals surface area contributed by atoms with E-state index in [1.165, 1.54) is 19.2 Å². The van der Waals surface area contributed by atoms with Gasteiger partial charge in [-0.2, -0.15) is 0 Å². The fraction of sp³-hybridized carbons (Fsp3) is 0.381. The van der Waals surface area contributed by atoms with E-state index in [4.69, 9.17) is 4.74 Å². The standard InChI is InChI=1S/C21H27BrN2O4S/c1-5-6-16(3)23-21(25)14-24(17-9-7-15(2)8-10-17)29(26,27)18-11-12-20(28-4)19(22)13-18/h7-13,16H,5-6,14H2,1-4H3,(H,23,25)/t16-/m1/s1. The molecule has 0 aliphatic heterocycles. The van der Waals surface area contributed by atoms with Crippen molar-refractivity contribution in [3.05, 3.63) is 52.5 Å². The van der Waals surface area contributed by atoms with Crippen LogP contribution in [0.4, 0.5) is 5.69 Å². The Balaban J connectivity index is 2.41. The van der Waals surface area contributed by atoms with Crippen LogP contribution in [0, 0.1) is 6.92 Å². The molecule has 0 fully saturated rings. The number of ether oxygens (including phenoxy) is 1. The Morgan fingerprint density at radius 1 is 1.21 bits per heavy atom. The lowest BCUT2D eigenvalue weighted by Crippen LogP contribution is -2.43. The van der Waals surface area contributed by atoms with E-state index in [0.717, 1.165) is 22.7 Å². The minimum Gasteiger partial charge on any atom is -0.496 e. The molecule has 2 aromatic carbocycles. The second-order valence-corrected chi connectivity index (χ2v) is 9.62. The lowest BCUT2D eigenvalue weighted by atomic mass is 10.2. The number of amides is 1. The van der Waals surface area contributed by atoms with Gasteiger partial charge in [0.1, 0.15) is 12.3 Å². The number of sulfonamides is 1. The van der Waals surface area contributed by atoms with Gasteiger partial charge < -0.3 is 10.1 Å². The molecule has 0 spiro atoms. The Bertz CT molecular complexity index is 946. The van der Waals surface area contributed by atoms with Gasteiger partial charge in [-0.05, 0) is 66.5 Å². The smallest absolute Gasteiger partial charge is 0.264 e. The zero-order valence-electron chi connectivity index (χ0n) is 17.1. The molecule has 0 bridgehead atoms. The van der Waals surface area contributed by atoms with Crippen molar-refractivity contribution < 1.29 is 17.9 Å². The molecule has 0 unspecified atom stereocenters. The van der Waals surface area contributed by atoms with Gasteiger partial charge in [-0.3, -0.25) is 9.10 Å². The summed E-state index contributed by atoms with van der Waals surface area (Å²) in [4.78, 5) is 12.6. The molecule has 1 amide bonds. The normalized spacial score (nSPS) is 12.3. The first-order chi connectivity index (χ1) is 13.7. The summed E-state index contributed by atoms with van der Waals surface area (Å²) >= 11 is 3.33. The van der Waals surface area contributed by atoms with Gasteiger partial charge in [0, 0.05) is 6.04 Å². The van der Waals surface area contributed by atoms with Gasteiger partial charge in [0.25, 0.3) is 10.0 Å². The minimum atomic E-state index is -3.97. The Hall–Kier alpha value is -2.06. The van der Waals surface area contributed by atoms with Crippen molar-refractivity contribution in [2.75, 3.05) is 18.0 Å². The topological polar surface area (TPSA) is 75.7 Å². The molecule has 6 nitrogen and oxygen atoms in total. The van der Waals surface area contributed by atoms with E-state index in [1.807, 2.05) is 32.9 Å². The van der Waals surface area contributed by atoms with Crippen molar-refractivity contribution in [3.63, 3.8) is 0 Å². The summed E-state index contributed by atoms with van der Waals surface area (Å²) in [6.07, 6.45) is 1.76. The summed E-state index contributed by atoms with van der Waals surface area (Å²) in [6.45, 7) is 5.56. The first-order valence-electron chi connectivity index (χ1n) is 9.41. The van der Waals surface area contributed by atoms with Gasteiger partial charge >= 0.3 is 0 Å². The van der Waals surface area contributed by atoms with Crippen molar-refractivity contribution in [2.45, 2.75) is 44.6 Å². The first kappa shape index (κ1) is 23.2. The number of hydrogen-bond donors (Lipinski definition) is 1. The Kier molecular flexibility index (Phi) is 8.10. The van der Waals surface area contributed by atoms with Gasteiger partial charge in [0.2, 0.25) is 5.91 Å². The van der Waals surface area contributed by atoms with Crippen LogP contribution in [0.15, 0.2) is 51.8 Å². The van der Waals surface area contributed by atoms with Crippen molar-refractivity contribution in [1.82, 2.24) is 5.32 Å². The van der Waals surface area contributed by atoms with E-state index in [0.29, 0.717) is 15.9 Å². The lowest BCUT2D eigenvalue weighted by molar-refractivity contribution is -0.120. The molecule has 0 saturated carbocycles. The maximum absolute atomic E-state index is 13.4. The molecule has 158 valence electrons. The number of nitrogens with one attached hydrogen (secondary N) is 1. The Morgan fingerprint density at radius 3 is 2.41 bits per heavy atom. The molecule has 0 aliphatic carbocycles. The zero-order valence-corrected chi connectivity index (χ0v) is 19.5. The summed E-state index contributed by atoms with van der Waals surface area (Å²) in [7, 11) is -2.46. The second kappa shape index (κ2) is 10.1. The number of carbonyl (C=O) groups excluding carboxylic acids is 1. The average molecular weight is 483 g/mol. The number of hydrogen-bond acceptors (Lipinski definition) is 4. The highest BCUT2D eigenvalue weighted by molar-refractivity contribution is 9.10. The number of carbonyl (C=O) groups is 1. The van der Waals surface area contributed by atoms with Crippen molar-refractivity contribution >= 4 is 37.5 Å². The van der Waals surface area contributed by atoms with Crippen molar-refractivity contribution in [1.29, 1.82) is 0 Å². The molecule has 0 saturated heterocycles. The monoisotopic (exact) mass is 482 g/mol. The second-order valence-electron chi connectivity index (χ2n) is 6.90. The number of anilines is 1. The molecule has 1 atom stereocenters. The van der Waals surface area contributed by atoms with Crippen molar-refractivity contribution in [3.8, 4) is 5.75 Å². The van der Waals surface area contributed by atoms with E-state index in [-0.39, 0.29) is 23.4 Å². The molecule has 0 heterocycles. The van der Waals surface area contributed by atoms with Gasteiger partial charge in [-0.25, -0.2) is 8.42 Å². The summed E-state index contributed by atoms with van der Waals surface area (Å²) < 4.78 is 33.6. The number of rotatable bonds is 9. The minimum absolute atomic E-state index is 0.0230. The van der Waals surface area contributed by atoms with E-state index >= 15 is 0 Å². The van der Waals surface area contributed by atoms with Crippen LogP contribution in [-0.4, -0.2) is 34.0 Å². The van der Waals surface area contributed by atoms with E-state index < -0.39 is 10.0 Å². The zero-order chi connectivity index (χ0) is 21.6. The largest absolute Gasteiger partial charge is 0.496 e. The van der Waals surface area contributed by atoms with Gasteiger partial charge in [0.05, 0.1) is 22.2 Å². The average Bonchev–Trinajstić information content (AvgIpc) is 2.67. The summed E-state index contributed by atoms with van der Waals surface area (Å²) in [5.41, 5.74) is 1.43. The number of nitrogens with zero attached hydrogens (tertiary/aromatic N) is 1. The molecule has 2 rings (SSSR count). The van der Waals surface area contributed by atoms with Crippen LogP contribution >= 0.6 is 15.9 Å². The fourth-order valence-electron chi connectivity index (χ4n) is 2.92. The molecule has 29 heavy (non-hydrogen) atoms. The third-order valence-electron chi connectivity index (χ3n) is 4.45. The Morgan fingerprint density at radius 2 is 1.86 bits per heavy atom. The van der Waals surface area contributed by atoms with Gasteiger partial charge in [-0.15, -0.1) is 0 Å². The van der Waals surface area contributed by atoms with Gasteiger partial charge in [-0.1, -0.05) is 31.0 Å². The molecule has 0 radical (unpaired) electrons. The molecule has 1 N–H and O–H groups in total. The summed E-state index contributed by atoms with van der Waals surface area (Å²) in [5.74, 6) is 0.180. The maximum Gasteiger partial charge on any atom is 0.264 e. The molecule has 0 aliphatic rings. The molecule has 2 aromatic rings. The predicted molar refractivity (Wildman–Crippen MR) is 119 cm³/mol. The third-order valence-corrected chi connectivity index (χ3v) is 6.84. The van der Waals surface area contributed by atoms with Crippen LogP contribution in [0.25, 0.3) is 0 Å². The number of benzene rings is 2. The molecular weight excluding hydrogens is 456 g/mol. The van der Waals surface area contributed by atoms with Crippen molar-refractivity contribution in [2.24, 2.45) is 0 Å². The van der Waals surface area contributed by atoms with E-state index in [2.05, 4.69) is 21.2 Å². The predicted octanol–water partition coefficient (Wildman–Crippen LogP) is 4.27.